The number of hydrogen-bond acceptors (Lipinski definition) is 4. The van der Waals surface area contributed by atoms with Crippen LogP contribution in [0, 0.1) is 0 Å². The van der Waals surface area contributed by atoms with Crippen LogP contribution >= 0.6 is 11.8 Å². The number of hydrogen-bond donors (Lipinski definition) is 2. The molecule has 0 atom stereocenters. The van der Waals surface area contributed by atoms with Gasteiger partial charge in [-0.25, -0.2) is 0 Å². The highest BCUT2D eigenvalue weighted by Gasteiger charge is 2.22. The van der Waals surface area contributed by atoms with Gasteiger partial charge in [0.05, 0.1) is 0 Å². The van der Waals surface area contributed by atoms with E-state index in [-0.39, 0.29) is 5.91 Å². The number of carbonyl (C=O) groups excluding carboxylic acids is 1. The second-order valence-electron chi connectivity index (χ2n) is 7.48. The van der Waals surface area contributed by atoms with E-state index < -0.39 is 0 Å². The molecule has 0 saturated heterocycles. The Morgan fingerprint density at radius 2 is 2.07 bits per heavy atom. The molecule has 144 valence electrons. The first-order valence-electron chi connectivity index (χ1n) is 10.1. The Labute approximate surface area is 165 Å². The summed E-state index contributed by atoms with van der Waals surface area (Å²) in [4.78, 5) is 12.9. The summed E-state index contributed by atoms with van der Waals surface area (Å²) in [5.41, 5.74) is 3.15. The van der Waals surface area contributed by atoms with Crippen molar-refractivity contribution in [2.24, 2.45) is 0 Å². The number of amides is 1. The van der Waals surface area contributed by atoms with E-state index in [1.54, 1.807) is 0 Å². The number of nitrogens with one attached hydrogen (secondary N) is 2. The lowest BCUT2D eigenvalue weighted by molar-refractivity contribution is 0.0930. The summed E-state index contributed by atoms with van der Waals surface area (Å²) in [5.74, 6) is 1.25. The lowest BCUT2D eigenvalue weighted by atomic mass is 10.0. The van der Waals surface area contributed by atoms with Crippen molar-refractivity contribution in [2.75, 3.05) is 19.6 Å². The van der Waals surface area contributed by atoms with Crippen molar-refractivity contribution in [3.63, 3.8) is 0 Å². The average molecular weight is 385 g/mol. The van der Waals surface area contributed by atoms with E-state index in [4.69, 9.17) is 4.42 Å². The normalized spacial score (nSPS) is 18.4. The van der Waals surface area contributed by atoms with Gasteiger partial charge in [0, 0.05) is 35.0 Å². The van der Waals surface area contributed by atoms with E-state index in [0.717, 1.165) is 41.8 Å². The number of thioether (sulfide) groups is 1. The van der Waals surface area contributed by atoms with Crippen LogP contribution in [0.5, 0.6) is 0 Å². The highest BCUT2D eigenvalue weighted by atomic mass is 32.2. The lowest BCUT2D eigenvalue weighted by Gasteiger charge is -2.20. The predicted octanol–water partition coefficient (Wildman–Crippen LogP) is 4.65. The summed E-state index contributed by atoms with van der Waals surface area (Å²) in [6, 6.07) is 8.01. The second kappa shape index (κ2) is 8.98. The molecule has 4 nitrogen and oxygen atoms in total. The zero-order valence-corrected chi connectivity index (χ0v) is 16.6. The fourth-order valence-corrected chi connectivity index (χ4v) is 5.32. The van der Waals surface area contributed by atoms with Crippen LogP contribution in [0.2, 0.25) is 0 Å². The third-order valence-electron chi connectivity index (χ3n) is 5.55. The minimum Gasteiger partial charge on any atom is -0.451 e. The number of rotatable bonds is 6. The Balaban J connectivity index is 1.49. The molecule has 1 saturated carbocycles. The SMILES string of the molecule is O=C(NCC1=CCNCC1)c1oc2ccccc2c1CSC1CCCCC1. The first-order valence-corrected chi connectivity index (χ1v) is 11.1. The third-order valence-corrected chi connectivity index (χ3v) is 6.95. The van der Waals surface area contributed by atoms with Crippen LogP contribution in [0.15, 0.2) is 40.3 Å². The Hall–Kier alpha value is -1.72. The summed E-state index contributed by atoms with van der Waals surface area (Å²) in [7, 11) is 0. The molecule has 1 aromatic heterocycles. The Morgan fingerprint density at radius 1 is 1.22 bits per heavy atom. The predicted molar refractivity (Wildman–Crippen MR) is 112 cm³/mol. The van der Waals surface area contributed by atoms with E-state index >= 15 is 0 Å². The van der Waals surface area contributed by atoms with Crippen LogP contribution in [-0.4, -0.2) is 30.8 Å². The smallest absolute Gasteiger partial charge is 0.287 e. The van der Waals surface area contributed by atoms with Crippen LogP contribution in [0.3, 0.4) is 0 Å². The molecule has 2 N–H and O–H groups in total. The number of benzene rings is 1. The Morgan fingerprint density at radius 3 is 2.89 bits per heavy atom. The van der Waals surface area contributed by atoms with Gasteiger partial charge in [-0.1, -0.05) is 49.1 Å². The van der Waals surface area contributed by atoms with Gasteiger partial charge in [-0.3, -0.25) is 4.79 Å². The van der Waals surface area contributed by atoms with E-state index in [2.05, 4.69) is 22.8 Å². The molecule has 1 aromatic carbocycles. The first-order chi connectivity index (χ1) is 13.3. The molecule has 5 heteroatoms. The Bertz CT molecular complexity index is 821. The van der Waals surface area contributed by atoms with Gasteiger partial charge < -0.3 is 15.1 Å². The van der Waals surface area contributed by atoms with Crippen LogP contribution in [0.25, 0.3) is 11.0 Å². The van der Waals surface area contributed by atoms with Gasteiger partial charge in [0.1, 0.15) is 5.58 Å². The van der Waals surface area contributed by atoms with Crippen LogP contribution in [-0.2, 0) is 5.75 Å². The maximum absolute atomic E-state index is 12.9. The Kier molecular flexibility index (Phi) is 6.20. The maximum atomic E-state index is 12.9. The summed E-state index contributed by atoms with van der Waals surface area (Å²) in [6.07, 6.45) is 9.79. The molecule has 1 fully saturated rings. The zero-order valence-electron chi connectivity index (χ0n) is 15.8. The van der Waals surface area contributed by atoms with Gasteiger partial charge in [-0.2, -0.15) is 11.8 Å². The molecular weight excluding hydrogens is 356 g/mol. The molecule has 4 rings (SSSR count). The fourth-order valence-electron chi connectivity index (χ4n) is 3.96. The van der Waals surface area contributed by atoms with Crippen molar-refractivity contribution in [1.29, 1.82) is 0 Å². The number of furan rings is 1. The molecule has 1 aliphatic heterocycles. The van der Waals surface area contributed by atoms with Gasteiger partial charge in [-0.15, -0.1) is 0 Å². The van der Waals surface area contributed by atoms with Gasteiger partial charge in [0.25, 0.3) is 5.91 Å². The number of fused-ring (bicyclic) bond motifs is 1. The van der Waals surface area contributed by atoms with Crippen molar-refractivity contribution < 1.29 is 9.21 Å². The van der Waals surface area contributed by atoms with Crippen LogP contribution in [0.1, 0.15) is 54.6 Å². The maximum Gasteiger partial charge on any atom is 0.287 e. The van der Waals surface area contributed by atoms with Crippen molar-refractivity contribution in [3.8, 4) is 0 Å². The van der Waals surface area contributed by atoms with E-state index in [0.29, 0.717) is 17.6 Å². The summed E-state index contributed by atoms with van der Waals surface area (Å²) in [5, 5.41) is 8.16. The average Bonchev–Trinajstić information content (AvgIpc) is 3.11. The summed E-state index contributed by atoms with van der Waals surface area (Å²) >= 11 is 1.99. The molecule has 2 aliphatic rings. The minimum atomic E-state index is -0.0927. The first kappa shape index (κ1) is 18.6. The lowest BCUT2D eigenvalue weighted by Crippen LogP contribution is -2.29. The molecule has 27 heavy (non-hydrogen) atoms. The van der Waals surface area contributed by atoms with Crippen LogP contribution < -0.4 is 10.6 Å². The largest absolute Gasteiger partial charge is 0.451 e. The van der Waals surface area contributed by atoms with E-state index in [9.17, 15) is 4.79 Å². The molecule has 1 amide bonds. The highest BCUT2D eigenvalue weighted by Crippen LogP contribution is 2.35. The standard InChI is InChI=1S/C22H28N2O2S/c25-22(24-14-16-10-12-23-13-11-16)21-19(15-27-17-6-2-1-3-7-17)18-8-4-5-9-20(18)26-21/h4-5,8-10,17,23H,1-3,6-7,11-15H2,(H,24,25). The fraction of sp³-hybridized carbons (Fsp3) is 0.500. The van der Waals surface area contributed by atoms with Crippen molar-refractivity contribution in [3.05, 3.63) is 47.2 Å². The van der Waals surface area contributed by atoms with Crippen molar-refractivity contribution in [2.45, 2.75) is 49.5 Å². The number of para-hydroxylation sites is 1. The molecule has 0 radical (unpaired) electrons. The van der Waals surface area contributed by atoms with Gasteiger partial charge in [0.15, 0.2) is 5.76 Å². The van der Waals surface area contributed by atoms with E-state index in [1.165, 1.54) is 37.7 Å². The monoisotopic (exact) mass is 384 g/mol. The molecule has 0 unspecified atom stereocenters. The zero-order chi connectivity index (χ0) is 18.5. The molecule has 0 spiro atoms. The second-order valence-corrected chi connectivity index (χ2v) is 8.76. The van der Waals surface area contributed by atoms with Crippen molar-refractivity contribution >= 4 is 28.6 Å². The van der Waals surface area contributed by atoms with Gasteiger partial charge in [0.2, 0.25) is 0 Å². The third kappa shape index (κ3) is 4.58. The number of carbonyl (C=O) groups is 1. The summed E-state index contributed by atoms with van der Waals surface area (Å²) < 4.78 is 5.98. The summed E-state index contributed by atoms with van der Waals surface area (Å²) in [6.45, 7) is 2.47. The molecule has 0 bridgehead atoms. The quantitative estimate of drug-likeness (QED) is 0.712. The van der Waals surface area contributed by atoms with Crippen LogP contribution in [0.4, 0.5) is 0 Å². The van der Waals surface area contributed by atoms with Crippen molar-refractivity contribution in [1.82, 2.24) is 10.6 Å². The minimum absolute atomic E-state index is 0.0927. The van der Waals surface area contributed by atoms with Gasteiger partial charge in [-0.05, 0) is 31.9 Å². The topological polar surface area (TPSA) is 54.3 Å². The molecular formula is C22H28N2O2S. The van der Waals surface area contributed by atoms with E-state index in [1.807, 2.05) is 30.0 Å². The molecule has 2 aromatic rings. The molecule has 1 aliphatic carbocycles. The van der Waals surface area contributed by atoms with Gasteiger partial charge >= 0.3 is 0 Å². The molecule has 2 heterocycles. The highest BCUT2D eigenvalue weighted by molar-refractivity contribution is 7.99.